The van der Waals surface area contributed by atoms with Crippen molar-refractivity contribution in [2.45, 2.75) is 6.92 Å². The van der Waals surface area contributed by atoms with Crippen LogP contribution in [-0.2, 0) is 4.79 Å². The molecule has 3 rings (SSSR count). The fourth-order valence-corrected chi connectivity index (χ4v) is 2.39. The number of hydrogen-bond donors (Lipinski definition) is 1. The van der Waals surface area contributed by atoms with E-state index < -0.39 is 0 Å². The van der Waals surface area contributed by atoms with Crippen LogP contribution in [0.5, 0.6) is 5.88 Å². The van der Waals surface area contributed by atoms with Gasteiger partial charge in [0.05, 0.1) is 5.69 Å². The summed E-state index contributed by atoms with van der Waals surface area (Å²) in [5.74, 6) is 0.582. The molecule has 22 heavy (non-hydrogen) atoms. The molecule has 8 heteroatoms. The van der Waals surface area contributed by atoms with E-state index >= 15 is 0 Å². The maximum absolute atomic E-state index is 11.8. The summed E-state index contributed by atoms with van der Waals surface area (Å²) in [6.07, 6.45) is 1.70. The van der Waals surface area contributed by atoms with E-state index in [-0.39, 0.29) is 18.4 Å². The average molecular weight is 316 g/mol. The van der Waals surface area contributed by atoms with Crippen LogP contribution >= 0.6 is 11.3 Å². The number of amides is 1. The Hall–Kier alpha value is -2.74. The van der Waals surface area contributed by atoms with E-state index in [0.29, 0.717) is 16.6 Å². The van der Waals surface area contributed by atoms with Crippen molar-refractivity contribution in [2.24, 2.45) is 0 Å². The zero-order valence-electron chi connectivity index (χ0n) is 11.6. The van der Waals surface area contributed by atoms with Crippen molar-refractivity contribution >= 4 is 22.4 Å². The van der Waals surface area contributed by atoms with Gasteiger partial charge in [0.25, 0.3) is 11.8 Å². The predicted molar refractivity (Wildman–Crippen MR) is 80.7 cm³/mol. The van der Waals surface area contributed by atoms with E-state index in [1.54, 1.807) is 19.2 Å². The van der Waals surface area contributed by atoms with Crippen LogP contribution in [0.25, 0.3) is 11.4 Å². The van der Waals surface area contributed by atoms with Gasteiger partial charge in [-0.05, 0) is 24.2 Å². The van der Waals surface area contributed by atoms with Gasteiger partial charge in [0.15, 0.2) is 11.7 Å². The summed E-state index contributed by atoms with van der Waals surface area (Å²) in [7, 11) is 0. The molecular weight excluding hydrogens is 304 g/mol. The molecule has 0 radical (unpaired) electrons. The highest BCUT2D eigenvalue weighted by atomic mass is 32.1. The normalized spacial score (nSPS) is 10.4. The third kappa shape index (κ3) is 3.47. The third-order valence-corrected chi connectivity index (χ3v) is 3.39. The maximum atomic E-state index is 11.8. The van der Waals surface area contributed by atoms with Crippen molar-refractivity contribution in [3.63, 3.8) is 0 Å². The van der Waals surface area contributed by atoms with E-state index in [0.717, 1.165) is 5.69 Å². The second kappa shape index (κ2) is 6.35. The first-order chi connectivity index (χ1) is 10.7. The number of nitrogens with one attached hydrogen (secondary N) is 1. The van der Waals surface area contributed by atoms with Gasteiger partial charge in [0, 0.05) is 17.6 Å². The molecule has 0 aliphatic rings. The van der Waals surface area contributed by atoms with Gasteiger partial charge in [-0.3, -0.25) is 15.1 Å². The molecule has 3 aromatic rings. The van der Waals surface area contributed by atoms with Crippen LogP contribution in [0.2, 0.25) is 0 Å². The van der Waals surface area contributed by atoms with Gasteiger partial charge in [-0.15, -0.1) is 11.3 Å². The van der Waals surface area contributed by atoms with Crippen molar-refractivity contribution in [3.05, 3.63) is 41.6 Å². The minimum absolute atomic E-state index is 0.162. The second-order valence-corrected chi connectivity index (χ2v) is 5.22. The number of aromatic nitrogens is 3. The molecule has 7 nitrogen and oxygen atoms in total. The summed E-state index contributed by atoms with van der Waals surface area (Å²) in [5.41, 5.74) is 1.47. The molecule has 0 atom stereocenters. The number of hydrogen-bond acceptors (Lipinski definition) is 7. The monoisotopic (exact) mass is 316 g/mol. The lowest BCUT2D eigenvalue weighted by Crippen LogP contribution is -2.20. The van der Waals surface area contributed by atoms with Gasteiger partial charge in [-0.25, -0.2) is 4.98 Å². The Morgan fingerprint density at radius 2 is 2.32 bits per heavy atom. The molecule has 112 valence electrons. The number of carbonyl (C=O) groups is 1. The zero-order valence-corrected chi connectivity index (χ0v) is 12.5. The smallest absolute Gasteiger partial charge is 0.264 e. The Morgan fingerprint density at radius 3 is 3.05 bits per heavy atom. The summed E-state index contributed by atoms with van der Waals surface area (Å²) in [6, 6.07) is 7.18. The Morgan fingerprint density at radius 1 is 1.41 bits per heavy atom. The number of rotatable bonds is 5. The fourth-order valence-electron chi connectivity index (χ4n) is 1.67. The van der Waals surface area contributed by atoms with E-state index in [4.69, 9.17) is 9.26 Å². The number of nitrogens with zero attached hydrogens (tertiary/aromatic N) is 3. The number of pyridine rings is 1. The SMILES string of the molecule is Cc1cc(OCC(=O)Nc2nc(-c3ccccn3)cs2)no1. The highest BCUT2D eigenvalue weighted by Crippen LogP contribution is 2.23. The van der Waals surface area contributed by atoms with E-state index in [2.05, 4.69) is 20.4 Å². The number of aryl methyl sites for hydroxylation is 1. The maximum Gasteiger partial charge on any atom is 0.264 e. The molecular formula is C14H12N4O3S. The predicted octanol–water partition coefficient (Wildman–Crippen LogP) is 2.52. The molecule has 0 fully saturated rings. The van der Waals surface area contributed by atoms with Crippen molar-refractivity contribution in [3.8, 4) is 17.3 Å². The molecule has 0 spiro atoms. The minimum Gasteiger partial charge on any atom is -0.465 e. The van der Waals surface area contributed by atoms with E-state index in [1.165, 1.54) is 11.3 Å². The van der Waals surface area contributed by atoms with Crippen LogP contribution in [0.1, 0.15) is 5.76 Å². The van der Waals surface area contributed by atoms with Crippen molar-refractivity contribution in [1.82, 2.24) is 15.1 Å². The lowest BCUT2D eigenvalue weighted by molar-refractivity contribution is -0.118. The summed E-state index contributed by atoms with van der Waals surface area (Å²) in [6.45, 7) is 1.58. The zero-order chi connectivity index (χ0) is 15.4. The number of carbonyl (C=O) groups excluding carboxylic acids is 1. The van der Waals surface area contributed by atoms with Crippen LogP contribution in [0.4, 0.5) is 5.13 Å². The molecule has 0 unspecified atom stereocenters. The lowest BCUT2D eigenvalue weighted by Gasteiger charge is -2.01. The molecule has 3 heterocycles. The molecule has 1 amide bonds. The van der Waals surface area contributed by atoms with Crippen LogP contribution in [0, 0.1) is 6.92 Å². The van der Waals surface area contributed by atoms with Crippen LogP contribution in [0.15, 0.2) is 40.4 Å². The van der Waals surface area contributed by atoms with E-state index in [1.807, 2.05) is 23.6 Å². The lowest BCUT2D eigenvalue weighted by atomic mass is 10.3. The molecule has 1 N–H and O–H groups in total. The number of thiazole rings is 1. The highest BCUT2D eigenvalue weighted by molar-refractivity contribution is 7.14. The Labute approximate surface area is 130 Å². The molecule has 3 aromatic heterocycles. The van der Waals surface area contributed by atoms with E-state index in [9.17, 15) is 4.79 Å². The van der Waals surface area contributed by atoms with Gasteiger partial charge < -0.3 is 9.26 Å². The third-order valence-electron chi connectivity index (χ3n) is 2.64. The summed E-state index contributed by atoms with van der Waals surface area (Å²) in [4.78, 5) is 20.3. The highest BCUT2D eigenvalue weighted by Gasteiger charge is 2.10. The van der Waals surface area contributed by atoms with Crippen LogP contribution in [0.3, 0.4) is 0 Å². The Kier molecular flexibility index (Phi) is 4.10. The molecule has 0 aliphatic carbocycles. The molecule has 0 bridgehead atoms. The van der Waals surface area contributed by atoms with Gasteiger partial charge >= 0.3 is 0 Å². The van der Waals surface area contributed by atoms with Crippen molar-refractivity contribution < 1.29 is 14.1 Å². The summed E-state index contributed by atoms with van der Waals surface area (Å²) < 4.78 is 10.0. The topological polar surface area (TPSA) is 90.1 Å². The molecule has 0 saturated carbocycles. The molecule has 0 aliphatic heterocycles. The van der Waals surface area contributed by atoms with Crippen LogP contribution in [-0.4, -0.2) is 27.6 Å². The number of anilines is 1. The van der Waals surface area contributed by atoms with Crippen molar-refractivity contribution in [2.75, 3.05) is 11.9 Å². The summed E-state index contributed by atoms with van der Waals surface area (Å²) >= 11 is 1.33. The first-order valence-electron chi connectivity index (χ1n) is 6.43. The molecule has 0 aromatic carbocycles. The second-order valence-electron chi connectivity index (χ2n) is 4.37. The largest absolute Gasteiger partial charge is 0.465 e. The van der Waals surface area contributed by atoms with Crippen molar-refractivity contribution in [1.29, 1.82) is 0 Å². The first-order valence-corrected chi connectivity index (χ1v) is 7.31. The minimum atomic E-state index is -0.317. The average Bonchev–Trinajstić information content (AvgIpc) is 3.15. The Bertz CT molecular complexity index is 769. The van der Waals surface area contributed by atoms with Gasteiger partial charge in [0.1, 0.15) is 11.5 Å². The standard InChI is InChI=1S/C14H12N4O3S/c1-9-6-13(18-21-9)20-7-12(19)17-14-16-11(8-22-14)10-4-2-3-5-15-10/h2-6,8H,7H2,1H3,(H,16,17,19). The first kappa shape index (κ1) is 14.2. The quantitative estimate of drug-likeness (QED) is 0.778. The van der Waals surface area contributed by atoms with Crippen LogP contribution < -0.4 is 10.1 Å². The number of ether oxygens (including phenoxy) is 1. The summed E-state index contributed by atoms with van der Waals surface area (Å²) in [5, 5.41) is 8.63. The Balaban J connectivity index is 1.57. The fraction of sp³-hybridized carbons (Fsp3) is 0.143. The van der Waals surface area contributed by atoms with Gasteiger partial charge in [-0.1, -0.05) is 6.07 Å². The van der Waals surface area contributed by atoms with Gasteiger partial charge in [0.2, 0.25) is 0 Å². The van der Waals surface area contributed by atoms with Gasteiger partial charge in [-0.2, -0.15) is 0 Å². The molecule has 0 saturated heterocycles.